The van der Waals surface area contributed by atoms with Crippen molar-refractivity contribution >= 4 is 16.0 Å². The van der Waals surface area contributed by atoms with E-state index in [2.05, 4.69) is 6.92 Å². The van der Waals surface area contributed by atoms with Crippen molar-refractivity contribution in [3.8, 4) is 0 Å². The second-order valence-corrected chi connectivity index (χ2v) is 6.63. The van der Waals surface area contributed by atoms with Crippen LogP contribution in [0.15, 0.2) is 23.1 Å². The molecule has 2 N–H and O–H groups in total. The van der Waals surface area contributed by atoms with Gasteiger partial charge < -0.3 is 4.74 Å². The summed E-state index contributed by atoms with van der Waals surface area (Å²) in [7, 11) is -3.83. The van der Waals surface area contributed by atoms with E-state index >= 15 is 0 Å². The number of primary sulfonamides is 1. The number of aryl methyl sites for hydroxylation is 1. The molecule has 1 unspecified atom stereocenters. The lowest BCUT2D eigenvalue weighted by molar-refractivity contribution is 0.0443. The minimum absolute atomic E-state index is 0.0777. The number of nitrogens with two attached hydrogens (primary N) is 1. The van der Waals surface area contributed by atoms with Gasteiger partial charge in [-0.25, -0.2) is 18.4 Å². The first-order valence-corrected chi connectivity index (χ1v) is 8.10. The summed E-state index contributed by atoms with van der Waals surface area (Å²) in [6.45, 7) is 6.09. The van der Waals surface area contributed by atoms with Crippen LogP contribution in [-0.4, -0.2) is 21.0 Å². The van der Waals surface area contributed by atoms with E-state index in [1.807, 2.05) is 6.92 Å². The first-order chi connectivity index (χ1) is 9.24. The molecule has 1 aromatic carbocycles. The Labute approximate surface area is 120 Å². The smallest absolute Gasteiger partial charge is 0.338 e. The Morgan fingerprint density at radius 3 is 2.55 bits per heavy atom. The van der Waals surface area contributed by atoms with Crippen molar-refractivity contribution in [2.24, 2.45) is 11.1 Å². The molecule has 0 saturated carbocycles. The Balaban J connectivity index is 2.86. The lowest BCUT2D eigenvalue weighted by Crippen LogP contribution is -2.15. The predicted molar refractivity (Wildman–Crippen MR) is 76.9 cm³/mol. The van der Waals surface area contributed by atoms with E-state index in [0.29, 0.717) is 12.2 Å². The third kappa shape index (κ3) is 4.94. The fourth-order valence-electron chi connectivity index (χ4n) is 1.91. The molecule has 0 aliphatic rings. The number of benzene rings is 1. The molecule has 0 aliphatic carbocycles. The molecule has 0 bridgehead atoms. The highest BCUT2D eigenvalue weighted by molar-refractivity contribution is 7.89. The summed E-state index contributed by atoms with van der Waals surface area (Å²) in [5.74, 6) is -0.243. The fraction of sp³-hybridized carbons (Fsp3) is 0.500. The lowest BCUT2D eigenvalue weighted by Gasteiger charge is -2.11. The van der Waals surface area contributed by atoms with Crippen molar-refractivity contribution in [3.05, 3.63) is 29.3 Å². The normalized spacial score (nSPS) is 13.0. The van der Waals surface area contributed by atoms with Crippen molar-refractivity contribution < 1.29 is 17.9 Å². The number of ether oxygens (including phenoxy) is 1. The first kappa shape index (κ1) is 16.7. The highest BCUT2D eigenvalue weighted by atomic mass is 32.2. The summed E-state index contributed by atoms with van der Waals surface area (Å²) in [5.41, 5.74) is 0.850. The molecule has 20 heavy (non-hydrogen) atoms. The molecular weight excluding hydrogens is 278 g/mol. The highest BCUT2D eigenvalue weighted by Crippen LogP contribution is 2.15. The van der Waals surface area contributed by atoms with Crippen LogP contribution in [0.2, 0.25) is 0 Å². The molecule has 1 rings (SSSR count). The van der Waals surface area contributed by atoms with Crippen LogP contribution in [0.3, 0.4) is 0 Å². The Bertz CT molecular complexity index is 581. The van der Waals surface area contributed by atoms with Gasteiger partial charge in [0.15, 0.2) is 0 Å². The van der Waals surface area contributed by atoms with Crippen LogP contribution in [0.25, 0.3) is 0 Å². The Morgan fingerprint density at radius 2 is 2.00 bits per heavy atom. The van der Waals surface area contributed by atoms with Crippen LogP contribution in [0.1, 0.15) is 42.6 Å². The van der Waals surface area contributed by atoms with E-state index in [9.17, 15) is 13.2 Å². The van der Waals surface area contributed by atoms with Crippen LogP contribution >= 0.6 is 0 Å². The molecule has 0 amide bonds. The standard InChI is InChI=1S/C14H21NO4S/c1-4-5-10(2)9-19-14(16)12-6-11(3)7-13(8-12)20(15,17)18/h6-8,10H,4-5,9H2,1-3H3,(H2,15,17,18). The van der Waals surface area contributed by atoms with Crippen molar-refractivity contribution in [3.63, 3.8) is 0 Å². The second kappa shape index (κ2) is 6.85. The highest BCUT2D eigenvalue weighted by Gasteiger charge is 2.15. The summed E-state index contributed by atoms with van der Waals surface area (Å²) < 4.78 is 27.9. The number of carbonyl (C=O) groups excluding carboxylic acids is 1. The van der Waals surface area contributed by atoms with E-state index in [4.69, 9.17) is 9.88 Å². The third-order valence-corrected chi connectivity index (χ3v) is 3.79. The van der Waals surface area contributed by atoms with Gasteiger partial charge in [-0.05, 0) is 43.0 Å². The summed E-state index contributed by atoms with van der Waals surface area (Å²) in [6, 6.07) is 4.25. The number of carbonyl (C=O) groups is 1. The molecule has 0 fully saturated rings. The van der Waals surface area contributed by atoms with E-state index in [-0.39, 0.29) is 16.4 Å². The van der Waals surface area contributed by atoms with Gasteiger partial charge in [0.05, 0.1) is 17.1 Å². The monoisotopic (exact) mass is 299 g/mol. The Morgan fingerprint density at radius 1 is 1.35 bits per heavy atom. The fourth-order valence-corrected chi connectivity index (χ4v) is 2.55. The summed E-state index contributed by atoms with van der Waals surface area (Å²) in [4.78, 5) is 11.8. The minimum atomic E-state index is -3.83. The van der Waals surface area contributed by atoms with E-state index < -0.39 is 16.0 Å². The SMILES string of the molecule is CCCC(C)COC(=O)c1cc(C)cc(S(N)(=O)=O)c1. The molecule has 0 spiro atoms. The zero-order chi connectivity index (χ0) is 15.3. The van der Waals surface area contributed by atoms with Crippen LogP contribution in [0.4, 0.5) is 0 Å². The van der Waals surface area contributed by atoms with Crippen molar-refractivity contribution in [1.82, 2.24) is 0 Å². The van der Waals surface area contributed by atoms with Gasteiger partial charge in [0, 0.05) is 0 Å². The van der Waals surface area contributed by atoms with E-state index in [1.54, 1.807) is 13.0 Å². The minimum Gasteiger partial charge on any atom is -0.462 e. The van der Waals surface area contributed by atoms with Crippen LogP contribution < -0.4 is 5.14 Å². The van der Waals surface area contributed by atoms with Gasteiger partial charge in [-0.2, -0.15) is 0 Å². The summed E-state index contributed by atoms with van der Waals surface area (Å²) in [5, 5.41) is 5.08. The van der Waals surface area contributed by atoms with Crippen LogP contribution in [-0.2, 0) is 14.8 Å². The molecule has 0 aromatic heterocycles. The number of rotatable bonds is 6. The maximum Gasteiger partial charge on any atom is 0.338 e. The molecule has 112 valence electrons. The van der Waals surface area contributed by atoms with Crippen molar-refractivity contribution in [2.45, 2.75) is 38.5 Å². The van der Waals surface area contributed by atoms with E-state index in [0.717, 1.165) is 12.8 Å². The van der Waals surface area contributed by atoms with Crippen LogP contribution in [0.5, 0.6) is 0 Å². The third-order valence-electron chi connectivity index (χ3n) is 2.90. The van der Waals surface area contributed by atoms with Gasteiger partial charge in [-0.15, -0.1) is 0 Å². The van der Waals surface area contributed by atoms with Gasteiger partial charge in [0.1, 0.15) is 0 Å². The molecular formula is C14H21NO4S. The molecule has 0 saturated heterocycles. The summed E-state index contributed by atoms with van der Waals surface area (Å²) in [6.07, 6.45) is 2.00. The molecule has 1 atom stereocenters. The first-order valence-electron chi connectivity index (χ1n) is 6.55. The van der Waals surface area contributed by atoms with Gasteiger partial charge in [0.2, 0.25) is 10.0 Å². The number of sulfonamides is 1. The van der Waals surface area contributed by atoms with Gasteiger partial charge in [0.25, 0.3) is 0 Å². The van der Waals surface area contributed by atoms with E-state index in [1.165, 1.54) is 12.1 Å². The quantitative estimate of drug-likeness (QED) is 0.816. The van der Waals surface area contributed by atoms with Crippen molar-refractivity contribution in [1.29, 1.82) is 0 Å². The molecule has 5 nitrogen and oxygen atoms in total. The predicted octanol–water partition coefficient (Wildman–Crippen LogP) is 2.24. The Hall–Kier alpha value is -1.40. The topological polar surface area (TPSA) is 86.5 Å². The average Bonchev–Trinajstić information content (AvgIpc) is 2.34. The zero-order valence-electron chi connectivity index (χ0n) is 12.0. The van der Waals surface area contributed by atoms with Gasteiger partial charge >= 0.3 is 5.97 Å². The summed E-state index contributed by atoms with van der Waals surface area (Å²) >= 11 is 0. The molecule has 0 heterocycles. The second-order valence-electron chi connectivity index (χ2n) is 5.07. The van der Waals surface area contributed by atoms with Crippen molar-refractivity contribution in [2.75, 3.05) is 6.61 Å². The maximum atomic E-state index is 11.9. The molecule has 0 radical (unpaired) electrons. The molecule has 1 aromatic rings. The maximum absolute atomic E-state index is 11.9. The number of hydrogen-bond acceptors (Lipinski definition) is 4. The van der Waals surface area contributed by atoms with Gasteiger partial charge in [-0.1, -0.05) is 20.3 Å². The lowest BCUT2D eigenvalue weighted by atomic mass is 10.1. The largest absolute Gasteiger partial charge is 0.462 e. The van der Waals surface area contributed by atoms with Gasteiger partial charge in [-0.3, -0.25) is 0 Å². The van der Waals surface area contributed by atoms with Crippen LogP contribution in [0, 0.1) is 12.8 Å². The Kier molecular flexibility index (Phi) is 5.71. The molecule has 0 aliphatic heterocycles. The molecule has 6 heteroatoms. The number of esters is 1. The average molecular weight is 299 g/mol. The number of hydrogen-bond donors (Lipinski definition) is 1. The zero-order valence-corrected chi connectivity index (χ0v) is 12.9.